The van der Waals surface area contributed by atoms with Gasteiger partial charge in [-0.3, -0.25) is 10.1 Å². The summed E-state index contributed by atoms with van der Waals surface area (Å²) in [5, 5.41) is 3.65. The molecule has 0 aliphatic rings. The van der Waals surface area contributed by atoms with Crippen molar-refractivity contribution in [2.24, 2.45) is 0 Å². The summed E-state index contributed by atoms with van der Waals surface area (Å²) in [7, 11) is 2.99. The summed E-state index contributed by atoms with van der Waals surface area (Å²) >= 11 is 7.57. The van der Waals surface area contributed by atoms with Crippen LogP contribution in [0, 0.1) is 6.92 Å². The first kappa shape index (κ1) is 16.5. The summed E-state index contributed by atoms with van der Waals surface area (Å²) < 4.78 is 11.4. The highest BCUT2D eigenvalue weighted by Crippen LogP contribution is 2.36. The van der Waals surface area contributed by atoms with Crippen LogP contribution in [-0.2, 0) is 0 Å². The number of aromatic nitrogens is 1. The molecule has 0 fully saturated rings. The lowest BCUT2D eigenvalue weighted by molar-refractivity contribution is 0.102. The van der Waals surface area contributed by atoms with Crippen molar-refractivity contribution >= 4 is 44.2 Å². The number of anilines is 1. The number of fused-ring (bicyclic) bond motifs is 1. The third-order valence-electron chi connectivity index (χ3n) is 3.54. The number of aryl methyl sites for hydroxylation is 1. The second-order valence-corrected chi connectivity index (χ2v) is 6.53. The van der Waals surface area contributed by atoms with Crippen LogP contribution in [0.1, 0.15) is 15.9 Å². The monoisotopic (exact) mass is 362 g/mol. The summed E-state index contributed by atoms with van der Waals surface area (Å²) in [5.41, 5.74) is 2.33. The van der Waals surface area contributed by atoms with Crippen molar-refractivity contribution in [3.05, 3.63) is 46.5 Å². The average molecular weight is 363 g/mol. The zero-order valence-electron chi connectivity index (χ0n) is 13.3. The molecule has 0 saturated carbocycles. The first-order chi connectivity index (χ1) is 11.5. The Balaban J connectivity index is 1.91. The minimum Gasteiger partial charge on any atom is -0.493 e. The maximum atomic E-state index is 12.5. The van der Waals surface area contributed by atoms with Crippen LogP contribution in [0.4, 0.5) is 5.13 Å². The number of benzene rings is 2. The number of carbonyl (C=O) groups is 1. The lowest BCUT2D eigenvalue weighted by Gasteiger charge is -2.11. The second-order valence-electron chi connectivity index (χ2n) is 5.09. The van der Waals surface area contributed by atoms with Gasteiger partial charge in [0.15, 0.2) is 16.6 Å². The van der Waals surface area contributed by atoms with Crippen molar-refractivity contribution in [1.29, 1.82) is 0 Å². The summed E-state index contributed by atoms with van der Waals surface area (Å²) in [6.07, 6.45) is 0. The molecule has 124 valence electrons. The predicted octanol–water partition coefficient (Wildman–Crippen LogP) is 4.53. The van der Waals surface area contributed by atoms with Crippen LogP contribution in [0.15, 0.2) is 30.3 Å². The van der Waals surface area contributed by atoms with Crippen LogP contribution in [0.25, 0.3) is 10.2 Å². The van der Waals surface area contributed by atoms with Gasteiger partial charge in [0.25, 0.3) is 5.91 Å². The molecule has 0 unspecified atom stereocenters. The van der Waals surface area contributed by atoms with Gasteiger partial charge in [0, 0.05) is 5.56 Å². The number of thiazole rings is 1. The lowest BCUT2D eigenvalue weighted by Crippen LogP contribution is -2.12. The molecule has 1 N–H and O–H groups in total. The topological polar surface area (TPSA) is 60.5 Å². The van der Waals surface area contributed by atoms with Gasteiger partial charge in [-0.25, -0.2) is 4.98 Å². The van der Waals surface area contributed by atoms with Gasteiger partial charge in [-0.2, -0.15) is 0 Å². The zero-order valence-corrected chi connectivity index (χ0v) is 14.9. The highest BCUT2D eigenvalue weighted by Gasteiger charge is 2.16. The van der Waals surface area contributed by atoms with E-state index in [4.69, 9.17) is 21.1 Å². The van der Waals surface area contributed by atoms with E-state index < -0.39 is 0 Å². The average Bonchev–Trinajstić information content (AvgIpc) is 2.97. The third-order valence-corrected chi connectivity index (χ3v) is 4.75. The molecule has 3 aromatic rings. The van der Waals surface area contributed by atoms with Crippen molar-refractivity contribution in [3.8, 4) is 11.5 Å². The van der Waals surface area contributed by atoms with E-state index in [2.05, 4.69) is 10.3 Å². The number of rotatable bonds is 4. The Hall–Kier alpha value is -2.31. The first-order valence-corrected chi connectivity index (χ1v) is 8.32. The standard InChI is InChI=1S/C17H15ClN2O3S/c1-9-5-4-6-13-14(9)19-17(24-13)20-16(21)10-7-11(18)15(23-3)12(8-10)22-2/h4-8H,1-3H3,(H,19,20,21). The largest absolute Gasteiger partial charge is 0.493 e. The van der Waals surface area contributed by atoms with E-state index in [1.165, 1.54) is 31.6 Å². The molecular weight excluding hydrogens is 348 g/mol. The Morgan fingerprint density at radius 2 is 2.04 bits per heavy atom. The normalized spacial score (nSPS) is 10.7. The Bertz CT molecular complexity index is 924. The number of methoxy groups -OCH3 is 2. The second kappa shape index (κ2) is 6.67. The van der Waals surface area contributed by atoms with Gasteiger partial charge in [0.1, 0.15) is 0 Å². The van der Waals surface area contributed by atoms with Crippen molar-refractivity contribution in [1.82, 2.24) is 4.98 Å². The van der Waals surface area contributed by atoms with E-state index in [1.54, 1.807) is 6.07 Å². The Labute approximate surface area is 148 Å². The summed E-state index contributed by atoms with van der Waals surface area (Å²) in [6.45, 7) is 1.99. The van der Waals surface area contributed by atoms with Gasteiger partial charge in [0.05, 0.1) is 29.5 Å². The number of halogens is 1. The third kappa shape index (κ3) is 3.02. The molecule has 2 aromatic carbocycles. The van der Waals surface area contributed by atoms with Gasteiger partial charge < -0.3 is 9.47 Å². The van der Waals surface area contributed by atoms with Crippen LogP contribution in [0.3, 0.4) is 0 Å². The highest BCUT2D eigenvalue weighted by molar-refractivity contribution is 7.22. The molecule has 5 nitrogen and oxygen atoms in total. The first-order valence-electron chi connectivity index (χ1n) is 7.12. The summed E-state index contributed by atoms with van der Waals surface area (Å²) in [6, 6.07) is 9.05. The van der Waals surface area contributed by atoms with Crippen LogP contribution in [0.2, 0.25) is 5.02 Å². The fourth-order valence-electron chi connectivity index (χ4n) is 2.36. The number of hydrogen-bond acceptors (Lipinski definition) is 5. The van der Waals surface area contributed by atoms with Gasteiger partial charge in [-0.1, -0.05) is 35.1 Å². The number of hydrogen-bond donors (Lipinski definition) is 1. The lowest BCUT2D eigenvalue weighted by atomic mass is 10.2. The molecule has 0 aliphatic heterocycles. The number of nitrogens with one attached hydrogen (secondary N) is 1. The Morgan fingerprint density at radius 3 is 2.71 bits per heavy atom. The fraction of sp³-hybridized carbons (Fsp3) is 0.176. The minimum atomic E-state index is -0.311. The molecule has 1 heterocycles. The Morgan fingerprint density at radius 1 is 1.25 bits per heavy atom. The molecule has 7 heteroatoms. The number of nitrogens with zero attached hydrogens (tertiary/aromatic N) is 1. The number of carbonyl (C=O) groups excluding carboxylic acids is 1. The van der Waals surface area contributed by atoms with Crippen molar-refractivity contribution in [3.63, 3.8) is 0 Å². The SMILES string of the molecule is COc1cc(C(=O)Nc2nc3c(C)cccc3s2)cc(Cl)c1OC. The summed E-state index contributed by atoms with van der Waals surface area (Å²) in [4.78, 5) is 17.0. The fourth-order valence-corrected chi connectivity index (χ4v) is 3.58. The molecule has 1 amide bonds. The van der Waals surface area contributed by atoms with E-state index in [0.29, 0.717) is 27.2 Å². The molecule has 0 aliphatic carbocycles. The van der Waals surface area contributed by atoms with Crippen LogP contribution in [-0.4, -0.2) is 25.1 Å². The van der Waals surface area contributed by atoms with E-state index >= 15 is 0 Å². The van der Waals surface area contributed by atoms with Gasteiger partial charge in [0.2, 0.25) is 0 Å². The molecule has 0 atom stereocenters. The highest BCUT2D eigenvalue weighted by atomic mass is 35.5. The number of ether oxygens (including phenoxy) is 2. The van der Waals surface area contributed by atoms with Gasteiger partial charge in [-0.05, 0) is 30.7 Å². The predicted molar refractivity (Wildman–Crippen MR) is 96.9 cm³/mol. The van der Waals surface area contributed by atoms with Gasteiger partial charge in [-0.15, -0.1) is 0 Å². The maximum absolute atomic E-state index is 12.5. The van der Waals surface area contributed by atoms with Crippen molar-refractivity contribution < 1.29 is 14.3 Å². The van der Waals surface area contributed by atoms with Crippen LogP contribution >= 0.6 is 22.9 Å². The van der Waals surface area contributed by atoms with Crippen LogP contribution in [0.5, 0.6) is 11.5 Å². The molecule has 24 heavy (non-hydrogen) atoms. The van der Waals surface area contributed by atoms with E-state index in [0.717, 1.165) is 15.8 Å². The number of amides is 1. The quantitative estimate of drug-likeness (QED) is 0.740. The molecular formula is C17H15ClN2O3S. The summed E-state index contributed by atoms with van der Waals surface area (Å²) in [5.74, 6) is 0.483. The maximum Gasteiger partial charge on any atom is 0.257 e. The molecule has 1 aromatic heterocycles. The minimum absolute atomic E-state index is 0.308. The molecule has 3 rings (SSSR count). The zero-order chi connectivity index (χ0) is 17.3. The smallest absolute Gasteiger partial charge is 0.257 e. The van der Waals surface area contributed by atoms with E-state index in [1.807, 2.05) is 25.1 Å². The molecule has 0 radical (unpaired) electrons. The van der Waals surface area contributed by atoms with Gasteiger partial charge >= 0.3 is 0 Å². The van der Waals surface area contributed by atoms with E-state index in [9.17, 15) is 4.79 Å². The van der Waals surface area contributed by atoms with E-state index in [-0.39, 0.29) is 5.91 Å². The Kier molecular flexibility index (Phi) is 4.59. The van der Waals surface area contributed by atoms with Crippen molar-refractivity contribution in [2.75, 3.05) is 19.5 Å². The molecule has 0 spiro atoms. The number of para-hydroxylation sites is 1. The molecule has 0 saturated heterocycles. The molecule has 0 bridgehead atoms. The van der Waals surface area contributed by atoms with Crippen LogP contribution < -0.4 is 14.8 Å². The van der Waals surface area contributed by atoms with Crippen molar-refractivity contribution in [2.45, 2.75) is 6.92 Å².